The first-order valence-electron chi connectivity index (χ1n) is 8.26. The highest BCUT2D eigenvalue weighted by Gasteiger charge is 2.11. The van der Waals surface area contributed by atoms with Crippen LogP contribution in [0.1, 0.15) is 5.56 Å². The molecule has 8 heteroatoms. The van der Waals surface area contributed by atoms with Gasteiger partial charge in [-0.3, -0.25) is 0 Å². The minimum Gasteiger partial charge on any atom is -0.504 e. The Bertz CT molecular complexity index is 1190. The van der Waals surface area contributed by atoms with Gasteiger partial charge in [0, 0.05) is 10.9 Å². The Balaban J connectivity index is 1.84. The number of hydrogen-bond acceptors (Lipinski definition) is 7. The lowest BCUT2D eigenvalue weighted by molar-refractivity contribution is 0.367. The first kappa shape index (κ1) is 18.0. The van der Waals surface area contributed by atoms with E-state index in [9.17, 15) is 15.3 Å². The van der Waals surface area contributed by atoms with Crippen molar-refractivity contribution < 1.29 is 15.3 Å². The lowest BCUT2D eigenvalue weighted by atomic mass is 10.2. The Kier molecular flexibility index (Phi) is 4.96. The van der Waals surface area contributed by atoms with Crippen LogP contribution in [0.4, 0.5) is 5.69 Å². The highest BCUT2D eigenvalue weighted by Crippen LogP contribution is 2.36. The first-order valence-corrected chi connectivity index (χ1v) is 10.0. The van der Waals surface area contributed by atoms with Gasteiger partial charge in [-0.2, -0.15) is 5.10 Å². The van der Waals surface area contributed by atoms with Crippen LogP contribution < -0.4 is 4.80 Å². The van der Waals surface area contributed by atoms with Crippen molar-refractivity contribution >= 4 is 34.6 Å². The monoisotopic (exact) mass is 409 g/mol. The van der Waals surface area contributed by atoms with E-state index in [2.05, 4.69) is 10.1 Å². The van der Waals surface area contributed by atoms with E-state index in [1.807, 2.05) is 53.2 Å². The van der Waals surface area contributed by atoms with Gasteiger partial charge in [0.2, 0.25) is 10.6 Å². The van der Waals surface area contributed by atoms with Crippen molar-refractivity contribution in [3.8, 4) is 27.8 Å². The minimum atomic E-state index is -0.577. The maximum Gasteiger partial charge on any atom is 0.211 e. The van der Waals surface area contributed by atoms with Gasteiger partial charge in [-0.05, 0) is 35.7 Å². The van der Waals surface area contributed by atoms with E-state index in [4.69, 9.17) is 0 Å². The summed E-state index contributed by atoms with van der Waals surface area (Å²) >= 11 is 3.04. The fourth-order valence-corrected chi connectivity index (χ4v) is 4.15. The highest BCUT2D eigenvalue weighted by molar-refractivity contribution is 7.14. The van der Waals surface area contributed by atoms with Crippen LogP contribution in [-0.2, 0) is 0 Å². The summed E-state index contributed by atoms with van der Waals surface area (Å²) in [5, 5.41) is 37.7. The topological polar surface area (TPSA) is 90.3 Å². The molecule has 0 aliphatic heterocycles. The van der Waals surface area contributed by atoms with Crippen LogP contribution >= 0.6 is 22.7 Å². The summed E-state index contributed by atoms with van der Waals surface area (Å²) in [4.78, 5) is 6.35. The molecule has 2 aromatic carbocycles. The average molecular weight is 409 g/mol. The number of nitrogens with zero attached hydrogens (tertiary/aromatic N) is 3. The Morgan fingerprint density at radius 1 is 0.857 bits per heavy atom. The number of aromatic hydroxyl groups is 3. The van der Waals surface area contributed by atoms with Gasteiger partial charge in [-0.25, -0.2) is 9.67 Å². The number of hydrogen-bond donors (Lipinski definition) is 3. The van der Waals surface area contributed by atoms with Crippen molar-refractivity contribution in [1.29, 1.82) is 0 Å². The van der Waals surface area contributed by atoms with Crippen LogP contribution in [0.15, 0.2) is 75.5 Å². The number of phenols is 3. The molecule has 2 aromatic heterocycles. The molecule has 0 fully saturated rings. The largest absolute Gasteiger partial charge is 0.504 e. The first-order chi connectivity index (χ1) is 13.6. The van der Waals surface area contributed by atoms with Crippen LogP contribution in [0.3, 0.4) is 0 Å². The Morgan fingerprint density at radius 3 is 2.43 bits per heavy atom. The van der Waals surface area contributed by atoms with Crippen molar-refractivity contribution in [1.82, 2.24) is 4.68 Å². The summed E-state index contributed by atoms with van der Waals surface area (Å²) in [7, 11) is 0. The Hall–Kier alpha value is -3.36. The zero-order valence-electron chi connectivity index (χ0n) is 14.4. The lowest BCUT2D eigenvalue weighted by Crippen LogP contribution is -2.11. The van der Waals surface area contributed by atoms with Crippen molar-refractivity contribution in [3.63, 3.8) is 0 Å². The van der Waals surface area contributed by atoms with Gasteiger partial charge in [0.1, 0.15) is 0 Å². The van der Waals surface area contributed by atoms with Crippen LogP contribution in [-0.4, -0.2) is 26.2 Å². The smallest absolute Gasteiger partial charge is 0.211 e. The van der Waals surface area contributed by atoms with E-state index in [1.165, 1.54) is 29.7 Å². The molecule has 0 aliphatic rings. The van der Waals surface area contributed by atoms with E-state index in [1.54, 1.807) is 16.0 Å². The molecule has 6 nitrogen and oxygen atoms in total. The van der Waals surface area contributed by atoms with Crippen molar-refractivity contribution in [2.45, 2.75) is 0 Å². The molecule has 4 aromatic rings. The number of benzene rings is 2. The molecule has 0 saturated carbocycles. The number of phenolic OH excluding ortho intramolecular Hbond substituents is 3. The third-order valence-corrected chi connectivity index (χ3v) is 5.62. The summed E-state index contributed by atoms with van der Waals surface area (Å²) in [5.41, 5.74) is 1.95. The SMILES string of the molecule is Oc1ccc(C=Nn2c(-c3cccs3)csc2=Nc2ccccc2)c(O)c1O. The van der Waals surface area contributed by atoms with Crippen molar-refractivity contribution in [2.75, 3.05) is 0 Å². The third kappa shape index (κ3) is 3.55. The van der Waals surface area contributed by atoms with Gasteiger partial charge in [0.05, 0.1) is 22.5 Å². The molecule has 0 radical (unpaired) electrons. The van der Waals surface area contributed by atoms with Gasteiger partial charge >= 0.3 is 0 Å². The second-order valence-corrected chi connectivity index (χ2v) is 7.54. The normalized spacial score (nSPS) is 12.1. The second kappa shape index (κ2) is 7.71. The summed E-state index contributed by atoms with van der Waals surface area (Å²) in [6, 6.07) is 16.3. The van der Waals surface area contributed by atoms with Crippen LogP contribution in [0.25, 0.3) is 10.6 Å². The fourth-order valence-electron chi connectivity index (χ4n) is 2.51. The van der Waals surface area contributed by atoms with Crippen molar-refractivity contribution in [3.05, 3.63) is 75.7 Å². The molecule has 2 heterocycles. The fraction of sp³-hybridized carbons (Fsp3) is 0. The molecule has 0 saturated heterocycles. The Morgan fingerprint density at radius 2 is 1.68 bits per heavy atom. The quantitative estimate of drug-likeness (QED) is 0.342. The van der Waals surface area contributed by atoms with Gasteiger partial charge in [-0.1, -0.05) is 24.3 Å². The van der Waals surface area contributed by atoms with Crippen molar-refractivity contribution in [2.24, 2.45) is 10.1 Å². The van der Waals surface area contributed by atoms with E-state index < -0.39 is 17.2 Å². The number of thiazole rings is 1. The molecule has 0 aliphatic carbocycles. The van der Waals surface area contributed by atoms with Gasteiger partial charge in [-0.15, -0.1) is 22.7 Å². The molecular formula is C20H15N3O3S2. The molecule has 0 amide bonds. The number of aromatic nitrogens is 1. The molecule has 0 bridgehead atoms. The average Bonchev–Trinajstić information content (AvgIpc) is 3.36. The van der Waals surface area contributed by atoms with Crippen LogP contribution in [0.5, 0.6) is 17.2 Å². The number of para-hydroxylation sites is 1. The van der Waals surface area contributed by atoms with E-state index in [-0.39, 0.29) is 5.56 Å². The zero-order chi connectivity index (χ0) is 19.5. The van der Waals surface area contributed by atoms with Crippen LogP contribution in [0, 0.1) is 0 Å². The summed E-state index contributed by atoms with van der Waals surface area (Å²) in [5.74, 6) is -1.40. The minimum absolute atomic E-state index is 0.275. The molecule has 4 rings (SSSR count). The molecule has 0 atom stereocenters. The maximum atomic E-state index is 10.0. The van der Waals surface area contributed by atoms with E-state index >= 15 is 0 Å². The van der Waals surface area contributed by atoms with Crippen LogP contribution in [0.2, 0.25) is 0 Å². The standard InChI is InChI=1S/C20H15N3O3S2/c24-16-9-8-13(18(25)19(16)26)11-21-23-15(17-7-4-10-27-17)12-28-20(23)22-14-5-2-1-3-6-14/h1-12,24-26H. The second-order valence-electron chi connectivity index (χ2n) is 5.76. The number of rotatable bonds is 4. The molecule has 0 spiro atoms. The molecule has 3 N–H and O–H groups in total. The summed E-state index contributed by atoms with van der Waals surface area (Å²) in [6.45, 7) is 0. The third-order valence-electron chi connectivity index (χ3n) is 3.91. The molecule has 140 valence electrons. The predicted molar refractivity (Wildman–Crippen MR) is 112 cm³/mol. The summed E-state index contributed by atoms with van der Waals surface area (Å²) in [6.07, 6.45) is 1.42. The zero-order valence-corrected chi connectivity index (χ0v) is 16.1. The molecule has 28 heavy (non-hydrogen) atoms. The molecular weight excluding hydrogens is 394 g/mol. The van der Waals surface area contributed by atoms with Gasteiger partial charge in [0.25, 0.3) is 0 Å². The van der Waals surface area contributed by atoms with Gasteiger partial charge < -0.3 is 15.3 Å². The maximum absolute atomic E-state index is 10.0. The Labute approximate surface area is 168 Å². The summed E-state index contributed by atoms with van der Waals surface area (Å²) < 4.78 is 1.69. The number of thiophene rings is 1. The highest BCUT2D eigenvalue weighted by atomic mass is 32.1. The van der Waals surface area contributed by atoms with E-state index in [0.29, 0.717) is 4.80 Å². The predicted octanol–water partition coefficient (Wildman–Crippen LogP) is 4.51. The molecule has 0 unspecified atom stereocenters. The van der Waals surface area contributed by atoms with Gasteiger partial charge in [0.15, 0.2) is 11.5 Å². The van der Waals surface area contributed by atoms with E-state index in [0.717, 1.165) is 16.3 Å². The lowest BCUT2D eigenvalue weighted by Gasteiger charge is -2.04.